The third-order valence-corrected chi connectivity index (χ3v) is 3.00. The molecule has 0 aliphatic rings. The Kier molecular flexibility index (Phi) is 2.93. The molecule has 0 aliphatic heterocycles. The van der Waals surface area contributed by atoms with E-state index in [0.717, 1.165) is 22.0 Å². The van der Waals surface area contributed by atoms with Gasteiger partial charge in [-0.15, -0.1) is 0 Å². The lowest BCUT2D eigenvalue weighted by Gasteiger charge is -2.11. The van der Waals surface area contributed by atoms with Crippen LogP contribution >= 0.6 is 0 Å². The summed E-state index contributed by atoms with van der Waals surface area (Å²) in [4.78, 5) is 12.7. The first-order valence-corrected chi connectivity index (χ1v) is 6.06. The molecule has 4 heteroatoms. The number of pyridine rings is 1. The highest BCUT2D eigenvalue weighted by Gasteiger charge is 2.16. The fourth-order valence-electron chi connectivity index (χ4n) is 2.03. The van der Waals surface area contributed by atoms with Crippen molar-refractivity contribution in [3.63, 3.8) is 0 Å². The van der Waals surface area contributed by atoms with Gasteiger partial charge < -0.3 is 5.11 Å². The third-order valence-electron chi connectivity index (χ3n) is 3.00. The Morgan fingerprint density at radius 2 is 1.74 bits per heavy atom. The largest absolute Gasteiger partial charge is 0.380 e. The van der Waals surface area contributed by atoms with E-state index in [1.807, 2.05) is 37.3 Å². The summed E-state index contributed by atoms with van der Waals surface area (Å²) >= 11 is 0. The molecule has 19 heavy (non-hydrogen) atoms. The first-order chi connectivity index (χ1) is 9.25. The van der Waals surface area contributed by atoms with Crippen LogP contribution in [0.2, 0.25) is 0 Å². The topological polar surface area (TPSA) is 58.9 Å². The van der Waals surface area contributed by atoms with Gasteiger partial charge in [-0.25, -0.2) is 9.97 Å². The quantitative estimate of drug-likeness (QED) is 0.760. The van der Waals surface area contributed by atoms with Gasteiger partial charge in [0, 0.05) is 29.5 Å². The van der Waals surface area contributed by atoms with E-state index >= 15 is 0 Å². The first-order valence-electron chi connectivity index (χ1n) is 6.06. The Hall–Kier alpha value is -2.33. The molecule has 0 amide bonds. The van der Waals surface area contributed by atoms with Crippen molar-refractivity contribution in [1.29, 1.82) is 0 Å². The highest BCUT2D eigenvalue weighted by molar-refractivity contribution is 5.82. The Balaban J connectivity index is 2.11. The van der Waals surface area contributed by atoms with Gasteiger partial charge in [-0.1, -0.05) is 24.3 Å². The molecule has 0 saturated carbocycles. The fourth-order valence-corrected chi connectivity index (χ4v) is 2.03. The van der Waals surface area contributed by atoms with E-state index in [0.29, 0.717) is 5.82 Å². The third kappa shape index (κ3) is 2.18. The van der Waals surface area contributed by atoms with Crippen LogP contribution in [0.1, 0.15) is 23.1 Å². The smallest absolute Gasteiger partial charge is 0.161 e. The lowest BCUT2D eigenvalue weighted by molar-refractivity contribution is 0.211. The molecular formula is C15H13N3O. The van der Waals surface area contributed by atoms with Gasteiger partial charge in [0.2, 0.25) is 0 Å². The summed E-state index contributed by atoms with van der Waals surface area (Å²) in [7, 11) is 0. The zero-order chi connectivity index (χ0) is 13.2. The number of hydrogen-bond donors (Lipinski definition) is 1. The molecule has 0 bridgehead atoms. The molecule has 0 aliphatic carbocycles. The Bertz CT molecular complexity index is 705. The summed E-state index contributed by atoms with van der Waals surface area (Å²) in [6.45, 7) is 1.91. The van der Waals surface area contributed by atoms with Gasteiger partial charge in [0.1, 0.15) is 6.10 Å². The number of aliphatic hydroxyl groups is 1. The van der Waals surface area contributed by atoms with Crippen LogP contribution in [0.3, 0.4) is 0 Å². The van der Waals surface area contributed by atoms with Crippen LogP contribution in [0.15, 0.2) is 48.9 Å². The Morgan fingerprint density at radius 1 is 1.00 bits per heavy atom. The molecule has 1 atom stereocenters. The summed E-state index contributed by atoms with van der Waals surface area (Å²) in [6, 6.07) is 9.56. The van der Waals surface area contributed by atoms with E-state index in [-0.39, 0.29) is 0 Å². The summed E-state index contributed by atoms with van der Waals surface area (Å²) < 4.78 is 0. The van der Waals surface area contributed by atoms with Crippen LogP contribution in [-0.4, -0.2) is 20.1 Å². The minimum atomic E-state index is -0.862. The molecule has 1 unspecified atom stereocenters. The van der Waals surface area contributed by atoms with Crippen molar-refractivity contribution >= 4 is 10.9 Å². The molecule has 1 N–H and O–H groups in total. The molecule has 0 radical (unpaired) electrons. The number of hydrogen-bond acceptors (Lipinski definition) is 4. The molecule has 0 fully saturated rings. The van der Waals surface area contributed by atoms with Gasteiger partial charge in [-0.2, -0.15) is 0 Å². The van der Waals surface area contributed by atoms with Crippen LogP contribution in [0, 0.1) is 6.92 Å². The van der Waals surface area contributed by atoms with Crippen molar-refractivity contribution < 1.29 is 5.11 Å². The monoisotopic (exact) mass is 251 g/mol. The lowest BCUT2D eigenvalue weighted by atomic mass is 10.0. The molecule has 4 nitrogen and oxygen atoms in total. The van der Waals surface area contributed by atoms with E-state index in [2.05, 4.69) is 15.0 Å². The van der Waals surface area contributed by atoms with Gasteiger partial charge in [-0.3, -0.25) is 4.98 Å². The number of fused-ring (bicyclic) bond motifs is 1. The number of para-hydroxylation sites is 1. The van der Waals surface area contributed by atoms with Crippen LogP contribution in [-0.2, 0) is 0 Å². The summed E-state index contributed by atoms with van der Waals surface area (Å²) in [5.41, 5.74) is 2.47. The molecule has 3 aromatic rings. The normalized spacial score (nSPS) is 12.5. The van der Waals surface area contributed by atoms with Gasteiger partial charge in [0.15, 0.2) is 5.82 Å². The summed E-state index contributed by atoms with van der Waals surface area (Å²) in [5.74, 6) is 0.392. The van der Waals surface area contributed by atoms with Crippen LogP contribution < -0.4 is 0 Å². The zero-order valence-electron chi connectivity index (χ0n) is 10.5. The number of aryl methyl sites for hydroxylation is 1. The van der Waals surface area contributed by atoms with Crippen LogP contribution in [0.4, 0.5) is 0 Å². The molecule has 1 aromatic carbocycles. The average Bonchev–Trinajstić information content (AvgIpc) is 2.47. The van der Waals surface area contributed by atoms with E-state index in [1.165, 1.54) is 0 Å². The van der Waals surface area contributed by atoms with Crippen molar-refractivity contribution in [1.82, 2.24) is 15.0 Å². The predicted molar refractivity (Wildman–Crippen MR) is 72.6 cm³/mol. The van der Waals surface area contributed by atoms with Crippen molar-refractivity contribution in [2.24, 2.45) is 0 Å². The Labute approximate surface area is 110 Å². The molecular weight excluding hydrogens is 238 g/mol. The fraction of sp³-hybridized carbons (Fsp3) is 0.133. The molecule has 0 saturated heterocycles. The van der Waals surface area contributed by atoms with Crippen molar-refractivity contribution in [3.05, 3.63) is 65.9 Å². The highest BCUT2D eigenvalue weighted by Crippen LogP contribution is 2.25. The van der Waals surface area contributed by atoms with Crippen molar-refractivity contribution in [2.45, 2.75) is 13.0 Å². The maximum absolute atomic E-state index is 10.4. The molecule has 0 spiro atoms. The van der Waals surface area contributed by atoms with Gasteiger partial charge in [0.05, 0.1) is 5.52 Å². The number of aliphatic hydroxyl groups excluding tert-OH is 1. The number of nitrogens with zero attached hydrogens (tertiary/aromatic N) is 3. The van der Waals surface area contributed by atoms with Crippen molar-refractivity contribution in [3.8, 4) is 0 Å². The second kappa shape index (κ2) is 4.74. The molecule has 94 valence electrons. The minimum absolute atomic E-state index is 0.392. The van der Waals surface area contributed by atoms with Crippen molar-refractivity contribution in [2.75, 3.05) is 0 Å². The Morgan fingerprint density at radius 3 is 2.53 bits per heavy atom. The van der Waals surface area contributed by atoms with Gasteiger partial charge in [-0.05, 0) is 18.6 Å². The SMILES string of the molecule is Cc1cnc(C(O)c2cccc3cccnc23)nc1. The second-order valence-electron chi connectivity index (χ2n) is 4.44. The van der Waals surface area contributed by atoms with Crippen LogP contribution in [0.25, 0.3) is 10.9 Å². The number of aromatic nitrogens is 3. The van der Waals surface area contributed by atoms with Crippen LogP contribution in [0.5, 0.6) is 0 Å². The second-order valence-corrected chi connectivity index (χ2v) is 4.44. The van der Waals surface area contributed by atoms with E-state index in [1.54, 1.807) is 18.6 Å². The van der Waals surface area contributed by atoms with E-state index in [4.69, 9.17) is 0 Å². The lowest BCUT2D eigenvalue weighted by Crippen LogP contribution is -2.06. The maximum Gasteiger partial charge on any atom is 0.161 e. The van der Waals surface area contributed by atoms with E-state index in [9.17, 15) is 5.11 Å². The number of rotatable bonds is 2. The first kappa shape index (κ1) is 11.7. The maximum atomic E-state index is 10.4. The zero-order valence-corrected chi connectivity index (χ0v) is 10.5. The predicted octanol–water partition coefficient (Wildman–Crippen LogP) is 2.41. The average molecular weight is 251 g/mol. The molecule has 2 heterocycles. The standard InChI is InChI=1S/C15H13N3O/c1-10-8-17-15(18-9-10)14(19)12-6-2-4-11-5-3-7-16-13(11)12/h2-9,14,19H,1H3. The van der Waals surface area contributed by atoms with Gasteiger partial charge in [0.25, 0.3) is 0 Å². The highest BCUT2D eigenvalue weighted by atomic mass is 16.3. The summed E-state index contributed by atoms with van der Waals surface area (Å²) in [5, 5.41) is 11.4. The van der Waals surface area contributed by atoms with E-state index < -0.39 is 6.10 Å². The molecule has 2 aromatic heterocycles. The summed E-state index contributed by atoms with van der Waals surface area (Å²) in [6.07, 6.45) is 4.25. The number of benzene rings is 1. The van der Waals surface area contributed by atoms with Gasteiger partial charge >= 0.3 is 0 Å². The minimum Gasteiger partial charge on any atom is -0.380 e. The molecule has 3 rings (SSSR count).